The molecule has 148 valence electrons. The fourth-order valence-corrected chi connectivity index (χ4v) is 3.48. The van der Waals surface area contributed by atoms with Crippen LogP contribution in [0, 0.1) is 17.6 Å². The topological polar surface area (TPSA) is 69.6 Å². The Balaban J connectivity index is 1.78. The largest absolute Gasteiger partial charge is 0.481 e. The van der Waals surface area contributed by atoms with Crippen LogP contribution in [0.3, 0.4) is 0 Å². The highest BCUT2D eigenvalue weighted by Gasteiger charge is 2.29. The second-order valence-electron chi connectivity index (χ2n) is 7.01. The minimum absolute atomic E-state index is 0.136. The minimum atomic E-state index is -0.918. The molecule has 2 aromatic rings. The van der Waals surface area contributed by atoms with Gasteiger partial charge in [0.05, 0.1) is 12.0 Å². The molecule has 2 unspecified atom stereocenters. The molecule has 0 aliphatic carbocycles. The van der Waals surface area contributed by atoms with Crippen molar-refractivity contribution in [2.75, 3.05) is 13.1 Å². The lowest BCUT2D eigenvalue weighted by Gasteiger charge is -2.32. The van der Waals surface area contributed by atoms with E-state index >= 15 is 0 Å². The summed E-state index contributed by atoms with van der Waals surface area (Å²) in [6.07, 6.45) is 1.43. The Labute approximate surface area is 162 Å². The summed E-state index contributed by atoms with van der Waals surface area (Å²) in [5.74, 6) is -2.32. The zero-order chi connectivity index (χ0) is 20.1. The van der Waals surface area contributed by atoms with E-state index < -0.39 is 29.8 Å². The van der Waals surface area contributed by atoms with E-state index in [-0.39, 0.29) is 18.8 Å². The van der Waals surface area contributed by atoms with Gasteiger partial charge in [-0.3, -0.25) is 4.79 Å². The molecule has 1 aliphatic heterocycles. The quantitative estimate of drug-likeness (QED) is 0.820. The highest BCUT2D eigenvalue weighted by Crippen LogP contribution is 2.22. The third-order valence-electron chi connectivity index (χ3n) is 4.94. The molecule has 0 aromatic heterocycles. The minimum Gasteiger partial charge on any atom is -0.481 e. The SMILES string of the molecule is O=C(O)C1CCCN(C(=O)NC(Cc2cccc(F)c2)c2cccc(F)c2)C1. The average molecular weight is 388 g/mol. The Kier molecular flexibility index (Phi) is 6.23. The first-order chi connectivity index (χ1) is 13.4. The maximum absolute atomic E-state index is 13.7. The Morgan fingerprint density at radius 3 is 2.54 bits per heavy atom. The van der Waals surface area contributed by atoms with Gasteiger partial charge in [0.25, 0.3) is 0 Å². The van der Waals surface area contributed by atoms with Crippen molar-refractivity contribution in [2.45, 2.75) is 25.3 Å². The van der Waals surface area contributed by atoms with E-state index in [4.69, 9.17) is 0 Å². The summed E-state index contributed by atoms with van der Waals surface area (Å²) in [4.78, 5) is 25.5. The Morgan fingerprint density at radius 2 is 1.86 bits per heavy atom. The number of hydrogen-bond donors (Lipinski definition) is 2. The summed E-state index contributed by atoms with van der Waals surface area (Å²) in [5, 5.41) is 12.1. The smallest absolute Gasteiger partial charge is 0.317 e. The highest BCUT2D eigenvalue weighted by molar-refractivity contribution is 5.77. The number of benzene rings is 2. The first-order valence-electron chi connectivity index (χ1n) is 9.20. The molecule has 1 aliphatic rings. The Morgan fingerprint density at radius 1 is 1.14 bits per heavy atom. The number of carboxylic acid groups (broad SMARTS) is 1. The number of rotatable bonds is 5. The van der Waals surface area contributed by atoms with Crippen molar-refractivity contribution in [3.05, 3.63) is 71.3 Å². The van der Waals surface area contributed by atoms with E-state index in [1.807, 2.05) is 0 Å². The van der Waals surface area contributed by atoms with Gasteiger partial charge >= 0.3 is 12.0 Å². The van der Waals surface area contributed by atoms with Crippen LogP contribution in [0.2, 0.25) is 0 Å². The maximum atomic E-state index is 13.7. The summed E-state index contributed by atoms with van der Waals surface area (Å²) in [5.41, 5.74) is 1.22. The van der Waals surface area contributed by atoms with Gasteiger partial charge in [0, 0.05) is 13.1 Å². The van der Waals surface area contributed by atoms with Gasteiger partial charge in [0.2, 0.25) is 0 Å². The third kappa shape index (κ3) is 5.06. The van der Waals surface area contributed by atoms with Gasteiger partial charge in [-0.1, -0.05) is 24.3 Å². The zero-order valence-electron chi connectivity index (χ0n) is 15.3. The van der Waals surface area contributed by atoms with Gasteiger partial charge in [-0.05, 0) is 54.7 Å². The third-order valence-corrected chi connectivity index (χ3v) is 4.94. The first kappa shape index (κ1) is 19.8. The van der Waals surface area contributed by atoms with Crippen LogP contribution in [0.4, 0.5) is 13.6 Å². The van der Waals surface area contributed by atoms with Gasteiger partial charge in [-0.2, -0.15) is 0 Å². The van der Waals surface area contributed by atoms with E-state index in [9.17, 15) is 23.5 Å². The van der Waals surface area contributed by atoms with Crippen LogP contribution >= 0.6 is 0 Å². The first-order valence-corrected chi connectivity index (χ1v) is 9.20. The van der Waals surface area contributed by atoms with Crippen molar-refractivity contribution >= 4 is 12.0 Å². The molecule has 0 spiro atoms. The summed E-state index contributed by atoms with van der Waals surface area (Å²) in [6, 6.07) is 10.9. The fourth-order valence-electron chi connectivity index (χ4n) is 3.48. The fraction of sp³-hybridized carbons (Fsp3) is 0.333. The molecule has 0 radical (unpaired) electrons. The van der Waals surface area contributed by atoms with E-state index in [0.29, 0.717) is 30.5 Å². The maximum Gasteiger partial charge on any atom is 0.317 e. The van der Waals surface area contributed by atoms with Crippen LogP contribution in [0.5, 0.6) is 0 Å². The van der Waals surface area contributed by atoms with E-state index in [1.165, 1.54) is 29.2 Å². The number of halogens is 2. The zero-order valence-corrected chi connectivity index (χ0v) is 15.3. The lowest BCUT2D eigenvalue weighted by Crippen LogP contribution is -2.48. The summed E-state index contributed by atoms with van der Waals surface area (Å²) in [7, 11) is 0. The number of piperidine rings is 1. The van der Waals surface area contributed by atoms with Crippen molar-refractivity contribution in [1.82, 2.24) is 10.2 Å². The van der Waals surface area contributed by atoms with Crippen LogP contribution in [0.15, 0.2) is 48.5 Å². The molecule has 1 heterocycles. The predicted octanol–water partition coefficient (Wildman–Crippen LogP) is 3.75. The molecule has 1 fully saturated rings. The van der Waals surface area contributed by atoms with E-state index in [0.717, 1.165) is 0 Å². The van der Waals surface area contributed by atoms with Crippen LogP contribution < -0.4 is 5.32 Å². The number of urea groups is 1. The molecule has 28 heavy (non-hydrogen) atoms. The van der Waals surface area contributed by atoms with Crippen LogP contribution in [-0.4, -0.2) is 35.1 Å². The molecule has 2 aromatic carbocycles. The Hall–Kier alpha value is -2.96. The number of aliphatic carboxylic acids is 1. The molecule has 0 bridgehead atoms. The number of amides is 2. The van der Waals surface area contributed by atoms with Gasteiger partial charge in [-0.25, -0.2) is 13.6 Å². The number of carboxylic acids is 1. The molecule has 0 saturated carbocycles. The molecule has 2 amide bonds. The number of carbonyl (C=O) groups is 2. The number of nitrogens with one attached hydrogen (secondary N) is 1. The van der Waals surface area contributed by atoms with Crippen molar-refractivity contribution < 1.29 is 23.5 Å². The summed E-state index contributed by atoms with van der Waals surface area (Å²) >= 11 is 0. The number of nitrogens with zero attached hydrogens (tertiary/aromatic N) is 1. The lowest BCUT2D eigenvalue weighted by molar-refractivity contribution is -0.143. The molecule has 1 saturated heterocycles. The molecule has 3 rings (SSSR count). The molecule has 5 nitrogen and oxygen atoms in total. The van der Waals surface area contributed by atoms with Crippen LogP contribution in [0.1, 0.15) is 30.0 Å². The molecular weight excluding hydrogens is 366 g/mol. The molecule has 7 heteroatoms. The van der Waals surface area contributed by atoms with Crippen molar-refractivity contribution in [3.63, 3.8) is 0 Å². The second kappa shape index (κ2) is 8.82. The van der Waals surface area contributed by atoms with Gasteiger partial charge < -0.3 is 15.3 Å². The average Bonchev–Trinajstić information content (AvgIpc) is 2.67. The number of likely N-dealkylation sites (tertiary alicyclic amines) is 1. The second-order valence-corrected chi connectivity index (χ2v) is 7.01. The normalized spacial score (nSPS) is 17.8. The molecule has 2 atom stereocenters. The van der Waals surface area contributed by atoms with Gasteiger partial charge in [0.15, 0.2) is 0 Å². The molecule has 2 N–H and O–H groups in total. The number of carbonyl (C=O) groups excluding carboxylic acids is 1. The highest BCUT2D eigenvalue weighted by atomic mass is 19.1. The lowest BCUT2D eigenvalue weighted by atomic mass is 9.97. The monoisotopic (exact) mass is 388 g/mol. The molecular formula is C21H22F2N2O3. The standard InChI is InChI=1S/C21H22F2N2O3/c22-17-7-1-4-14(10-17)11-19(15-5-2-8-18(23)12-15)24-21(28)25-9-3-6-16(13-25)20(26)27/h1-2,4-5,7-8,10,12,16,19H,3,6,9,11,13H2,(H,24,28)(H,26,27). The Bertz CT molecular complexity index is 859. The van der Waals surface area contributed by atoms with Crippen LogP contribution in [0.25, 0.3) is 0 Å². The van der Waals surface area contributed by atoms with Crippen LogP contribution in [-0.2, 0) is 11.2 Å². The summed E-state index contributed by atoms with van der Waals surface area (Å²) < 4.78 is 27.3. The van der Waals surface area contributed by atoms with Crippen molar-refractivity contribution in [3.8, 4) is 0 Å². The van der Waals surface area contributed by atoms with E-state index in [2.05, 4.69) is 5.32 Å². The van der Waals surface area contributed by atoms with Gasteiger partial charge in [0.1, 0.15) is 11.6 Å². The predicted molar refractivity (Wildman–Crippen MR) is 99.7 cm³/mol. The van der Waals surface area contributed by atoms with Gasteiger partial charge in [-0.15, -0.1) is 0 Å². The number of hydrogen-bond acceptors (Lipinski definition) is 2. The van der Waals surface area contributed by atoms with Crippen molar-refractivity contribution in [1.29, 1.82) is 0 Å². The summed E-state index contributed by atoms with van der Waals surface area (Å²) in [6.45, 7) is 0.600. The van der Waals surface area contributed by atoms with Crippen molar-refractivity contribution in [2.24, 2.45) is 5.92 Å². The van der Waals surface area contributed by atoms with E-state index in [1.54, 1.807) is 24.3 Å².